The first kappa shape index (κ1) is 8.26. The van der Waals surface area contributed by atoms with Crippen LogP contribution in [0.15, 0.2) is 49.8 Å². The van der Waals surface area contributed by atoms with Crippen molar-refractivity contribution in [1.29, 1.82) is 0 Å². The van der Waals surface area contributed by atoms with Gasteiger partial charge in [-0.05, 0) is 12.1 Å². The largest absolute Gasteiger partial charge is 0.255 e. The molecular formula is C11H7NS2. The van der Waals surface area contributed by atoms with Crippen LogP contribution in [-0.2, 0) is 0 Å². The summed E-state index contributed by atoms with van der Waals surface area (Å²) in [6, 6.07) is 8.24. The summed E-state index contributed by atoms with van der Waals surface area (Å²) in [6.07, 6.45) is 1.95. The van der Waals surface area contributed by atoms with Gasteiger partial charge >= 0.3 is 0 Å². The van der Waals surface area contributed by atoms with Crippen LogP contribution < -0.4 is 0 Å². The van der Waals surface area contributed by atoms with E-state index >= 15 is 0 Å². The lowest BCUT2D eigenvalue weighted by atomic mass is 10.3. The van der Waals surface area contributed by atoms with Gasteiger partial charge in [-0.15, -0.1) is 0 Å². The molecule has 2 aromatic rings. The van der Waals surface area contributed by atoms with E-state index in [1.54, 1.807) is 23.1 Å². The van der Waals surface area contributed by atoms with E-state index in [9.17, 15) is 0 Å². The molecule has 3 rings (SSSR count). The maximum Gasteiger partial charge on any atom is 0.0769 e. The van der Waals surface area contributed by atoms with Gasteiger partial charge < -0.3 is 0 Å². The van der Waals surface area contributed by atoms with E-state index < -0.39 is 0 Å². The molecule has 1 aromatic carbocycles. The van der Waals surface area contributed by atoms with Gasteiger partial charge in [0.2, 0.25) is 0 Å². The van der Waals surface area contributed by atoms with E-state index in [2.05, 4.69) is 27.9 Å². The zero-order valence-electron chi connectivity index (χ0n) is 7.31. The van der Waals surface area contributed by atoms with Crippen LogP contribution >= 0.6 is 23.1 Å². The van der Waals surface area contributed by atoms with E-state index in [0.717, 1.165) is 5.69 Å². The number of thiophene rings is 1. The van der Waals surface area contributed by atoms with Gasteiger partial charge in [0.05, 0.1) is 5.69 Å². The fourth-order valence-corrected chi connectivity index (χ4v) is 3.31. The summed E-state index contributed by atoms with van der Waals surface area (Å²) in [7, 11) is 0. The quantitative estimate of drug-likeness (QED) is 0.555. The molecule has 1 aliphatic rings. The van der Waals surface area contributed by atoms with Crippen LogP contribution in [0.3, 0.4) is 0 Å². The van der Waals surface area contributed by atoms with Crippen molar-refractivity contribution in [2.75, 3.05) is 0 Å². The molecule has 0 radical (unpaired) electrons. The Morgan fingerprint density at radius 2 is 1.93 bits per heavy atom. The molecule has 0 fully saturated rings. The van der Waals surface area contributed by atoms with Crippen LogP contribution in [0.1, 0.15) is 5.56 Å². The number of hydrogen-bond donors (Lipinski definition) is 0. The number of aliphatic imine (C=N–C) groups is 1. The molecule has 3 heteroatoms. The molecule has 0 saturated carbocycles. The minimum Gasteiger partial charge on any atom is -0.255 e. The second-order valence-electron chi connectivity index (χ2n) is 3.02. The van der Waals surface area contributed by atoms with E-state index in [0.29, 0.717) is 0 Å². The van der Waals surface area contributed by atoms with Crippen LogP contribution in [-0.4, -0.2) is 6.21 Å². The van der Waals surface area contributed by atoms with Crippen molar-refractivity contribution in [3.8, 4) is 0 Å². The van der Waals surface area contributed by atoms with Crippen molar-refractivity contribution < 1.29 is 0 Å². The summed E-state index contributed by atoms with van der Waals surface area (Å²) in [4.78, 5) is 7.01. The minimum absolute atomic E-state index is 1.07. The molecule has 0 spiro atoms. The molecule has 2 heterocycles. The Morgan fingerprint density at radius 1 is 1.00 bits per heavy atom. The van der Waals surface area contributed by atoms with Crippen molar-refractivity contribution in [2.24, 2.45) is 4.99 Å². The highest BCUT2D eigenvalue weighted by Crippen LogP contribution is 2.39. The van der Waals surface area contributed by atoms with Gasteiger partial charge in [0, 0.05) is 32.3 Å². The molecule has 1 aliphatic heterocycles. The van der Waals surface area contributed by atoms with Gasteiger partial charge in [0.1, 0.15) is 0 Å². The van der Waals surface area contributed by atoms with Crippen LogP contribution in [0.5, 0.6) is 0 Å². The van der Waals surface area contributed by atoms with Gasteiger partial charge in [0.25, 0.3) is 0 Å². The van der Waals surface area contributed by atoms with E-state index in [1.165, 1.54) is 15.4 Å². The average Bonchev–Trinajstić information content (AvgIpc) is 2.58. The summed E-state index contributed by atoms with van der Waals surface area (Å²) < 4.78 is 0. The zero-order valence-corrected chi connectivity index (χ0v) is 8.94. The van der Waals surface area contributed by atoms with Crippen LogP contribution in [0.2, 0.25) is 0 Å². The molecule has 0 saturated heterocycles. The van der Waals surface area contributed by atoms with Gasteiger partial charge in [-0.25, -0.2) is 0 Å². The van der Waals surface area contributed by atoms with Gasteiger partial charge in [0.15, 0.2) is 0 Å². The van der Waals surface area contributed by atoms with Crippen molar-refractivity contribution in [3.63, 3.8) is 0 Å². The number of benzene rings is 1. The highest BCUT2D eigenvalue weighted by Gasteiger charge is 2.10. The molecular weight excluding hydrogens is 210 g/mol. The Labute approximate surface area is 90.5 Å². The Hall–Kier alpha value is -1.06. The van der Waals surface area contributed by atoms with E-state index in [1.807, 2.05) is 18.3 Å². The smallest absolute Gasteiger partial charge is 0.0769 e. The molecule has 1 nitrogen and oxygen atoms in total. The Bertz CT molecular complexity index is 499. The molecule has 14 heavy (non-hydrogen) atoms. The topological polar surface area (TPSA) is 12.4 Å². The molecule has 68 valence electrons. The minimum atomic E-state index is 1.07. The molecule has 0 amide bonds. The monoisotopic (exact) mass is 217 g/mol. The third-order valence-electron chi connectivity index (χ3n) is 2.08. The third-order valence-corrected chi connectivity index (χ3v) is 4.13. The Kier molecular flexibility index (Phi) is 1.92. The van der Waals surface area contributed by atoms with Gasteiger partial charge in [-0.3, -0.25) is 4.99 Å². The zero-order chi connectivity index (χ0) is 9.38. The highest BCUT2D eigenvalue weighted by atomic mass is 32.2. The van der Waals surface area contributed by atoms with Gasteiger partial charge in [-0.1, -0.05) is 23.9 Å². The summed E-state index contributed by atoms with van der Waals surface area (Å²) >= 11 is 3.52. The van der Waals surface area contributed by atoms with Crippen molar-refractivity contribution in [1.82, 2.24) is 0 Å². The van der Waals surface area contributed by atoms with E-state index in [4.69, 9.17) is 0 Å². The summed E-state index contributed by atoms with van der Waals surface area (Å²) in [5.41, 5.74) is 2.30. The average molecular weight is 217 g/mol. The van der Waals surface area contributed by atoms with Crippen LogP contribution in [0.25, 0.3) is 0 Å². The van der Waals surface area contributed by atoms with E-state index in [-0.39, 0.29) is 0 Å². The lowest BCUT2D eigenvalue weighted by molar-refractivity contribution is 1.39. The molecule has 0 N–H and O–H groups in total. The molecule has 0 bridgehead atoms. The van der Waals surface area contributed by atoms with Gasteiger partial charge in [-0.2, -0.15) is 11.3 Å². The fourth-order valence-electron chi connectivity index (χ4n) is 1.38. The Balaban J connectivity index is 2.19. The standard InChI is InChI=1S/C11H7NS2/c1-2-4-10-9(3-1)12-5-8-6-13-7-11(8)14-10/h1-7H. The molecule has 0 unspecified atom stereocenters. The van der Waals surface area contributed by atoms with Crippen molar-refractivity contribution in [3.05, 3.63) is 40.6 Å². The van der Waals surface area contributed by atoms with Crippen molar-refractivity contribution in [2.45, 2.75) is 9.79 Å². The predicted octanol–water partition coefficient (Wildman–Crippen LogP) is 3.96. The van der Waals surface area contributed by atoms with Crippen LogP contribution in [0.4, 0.5) is 5.69 Å². The van der Waals surface area contributed by atoms with Crippen molar-refractivity contribution >= 4 is 35.0 Å². The number of hydrogen-bond acceptors (Lipinski definition) is 3. The first-order chi connectivity index (χ1) is 6.93. The summed E-state index contributed by atoms with van der Waals surface area (Å²) in [5.74, 6) is 0. The number of para-hydroxylation sites is 1. The number of fused-ring (bicyclic) bond motifs is 2. The maximum absolute atomic E-state index is 4.46. The lowest BCUT2D eigenvalue weighted by Gasteiger charge is -2.00. The molecule has 1 aromatic heterocycles. The SMILES string of the molecule is C1=Nc2ccccc2Sc2cscc21. The molecule has 0 atom stereocenters. The summed E-state index contributed by atoms with van der Waals surface area (Å²) in [6.45, 7) is 0. The highest BCUT2D eigenvalue weighted by molar-refractivity contribution is 7.99. The number of rotatable bonds is 0. The number of nitrogens with zero attached hydrogens (tertiary/aromatic N) is 1. The Morgan fingerprint density at radius 3 is 2.93 bits per heavy atom. The fraction of sp³-hybridized carbons (Fsp3) is 0. The lowest BCUT2D eigenvalue weighted by Crippen LogP contribution is -1.73. The predicted molar refractivity (Wildman–Crippen MR) is 62.1 cm³/mol. The second kappa shape index (κ2) is 3.26. The third kappa shape index (κ3) is 1.29. The second-order valence-corrected chi connectivity index (χ2v) is 4.85. The maximum atomic E-state index is 4.46. The first-order valence-corrected chi connectivity index (χ1v) is 6.06. The summed E-state index contributed by atoms with van der Waals surface area (Å²) in [5, 5.41) is 4.31. The first-order valence-electron chi connectivity index (χ1n) is 4.30. The van der Waals surface area contributed by atoms with Crippen LogP contribution in [0, 0.1) is 0 Å². The normalized spacial score (nSPS) is 13.1. The molecule has 0 aliphatic carbocycles.